The van der Waals surface area contributed by atoms with E-state index in [-0.39, 0.29) is 36.1 Å². The standard InChI is InChI=1S/C12H14N2O2/c1-8(6-13)7-14-11(15)9-4-2-3-5-10(9)12(14)16/h2-3,8-10H,4-5,7H2,1H3. The molecule has 0 aromatic heterocycles. The van der Waals surface area contributed by atoms with E-state index in [0.717, 1.165) is 0 Å². The lowest BCUT2D eigenvalue weighted by Gasteiger charge is -2.15. The van der Waals surface area contributed by atoms with Crippen LogP contribution in [0.2, 0.25) is 0 Å². The number of hydrogen-bond donors (Lipinski definition) is 0. The van der Waals surface area contributed by atoms with E-state index in [1.165, 1.54) is 4.90 Å². The number of imide groups is 1. The third-order valence-corrected chi connectivity index (χ3v) is 3.28. The molecule has 1 aliphatic carbocycles. The second kappa shape index (κ2) is 4.09. The number of allylic oxidation sites excluding steroid dienone is 2. The molecule has 0 aromatic carbocycles. The Morgan fingerprint density at radius 3 is 2.31 bits per heavy atom. The third-order valence-electron chi connectivity index (χ3n) is 3.28. The number of nitrogens with zero attached hydrogens (tertiary/aromatic N) is 2. The Hall–Kier alpha value is -1.63. The minimum Gasteiger partial charge on any atom is -0.281 e. The topological polar surface area (TPSA) is 61.2 Å². The van der Waals surface area contributed by atoms with Crippen LogP contribution in [0.4, 0.5) is 0 Å². The molecular formula is C12H14N2O2. The van der Waals surface area contributed by atoms with Gasteiger partial charge in [-0.15, -0.1) is 0 Å². The maximum absolute atomic E-state index is 12.0. The second-order valence-corrected chi connectivity index (χ2v) is 4.47. The monoisotopic (exact) mass is 218 g/mol. The van der Waals surface area contributed by atoms with Crippen molar-refractivity contribution in [3.63, 3.8) is 0 Å². The number of fused-ring (bicyclic) bond motifs is 1. The Labute approximate surface area is 94.5 Å². The van der Waals surface area contributed by atoms with Gasteiger partial charge in [0.05, 0.1) is 23.8 Å². The predicted octanol–water partition coefficient (Wildman–Crippen LogP) is 1.10. The molecule has 2 aliphatic rings. The molecule has 0 spiro atoms. The third kappa shape index (κ3) is 1.63. The van der Waals surface area contributed by atoms with Gasteiger partial charge in [0.25, 0.3) is 0 Å². The molecule has 0 saturated carbocycles. The number of likely N-dealkylation sites (tertiary alicyclic amines) is 1. The number of amides is 2. The first-order chi connectivity index (χ1) is 7.65. The van der Waals surface area contributed by atoms with Gasteiger partial charge in [-0.3, -0.25) is 14.5 Å². The summed E-state index contributed by atoms with van der Waals surface area (Å²) in [5, 5.41) is 8.71. The molecule has 1 fully saturated rings. The quantitative estimate of drug-likeness (QED) is 0.515. The summed E-state index contributed by atoms with van der Waals surface area (Å²) in [7, 11) is 0. The molecule has 3 unspecified atom stereocenters. The van der Waals surface area contributed by atoms with Gasteiger partial charge in [-0.05, 0) is 19.8 Å². The largest absolute Gasteiger partial charge is 0.281 e. The highest BCUT2D eigenvalue weighted by Gasteiger charge is 2.47. The van der Waals surface area contributed by atoms with E-state index in [4.69, 9.17) is 5.26 Å². The number of hydrogen-bond acceptors (Lipinski definition) is 3. The zero-order valence-electron chi connectivity index (χ0n) is 9.22. The fourth-order valence-corrected chi connectivity index (χ4v) is 2.36. The molecule has 0 N–H and O–H groups in total. The fraction of sp³-hybridized carbons (Fsp3) is 0.583. The van der Waals surface area contributed by atoms with Crippen molar-refractivity contribution < 1.29 is 9.59 Å². The van der Waals surface area contributed by atoms with Crippen molar-refractivity contribution in [1.29, 1.82) is 5.26 Å². The summed E-state index contributed by atoms with van der Waals surface area (Å²) < 4.78 is 0. The van der Waals surface area contributed by atoms with Crippen molar-refractivity contribution in [3.8, 4) is 6.07 Å². The van der Waals surface area contributed by atoms with E-state index in [0.29, 0.717) is 12.8 Å². The number of carbonyl (C=O) groups is 2. The van der Waals surface area contributed by atoms with Gasteiger partial charge >= 0.3 is 0 Å². The summed E-state index contributed by atoms with van der Waals surface area (Å²) in [6.07, 6.45) is 5.24. The van der Waals surface area contributed by atoms with Crippen molar-refractivity contribution in [1.82, 2.24) is 4.90 Å². The minimum atomic E-state index is -0.291. The Kier molecular flexibility index (Phi) is 2.78. The number of rotatable bonds is 2. The maximum atomic E-state index is 12.0. The highest BCUT2D eigenvalue weighted by Crippen LogP contribution is 2.35. The lowest BCUT2D eigenvalue weighted by molar-refractivity contribution is -0.140. The van der Waals surface area contributed by atoms with Gasteiger partial charge in [0, 0.05) is 6.54 Å². The fourth-order valence-electron chi connectivity index (χ4n) is 2.36. The smallest absolute Gasteiger partial charge is 0.233 e. The van der Waals surface area contributed by atoms with E-state index >= 15 is 0 Å². The molecule has 16 heavy (non-hydrogen) atoms. The van der Waals surface area contributed by atoms with Crippen LogP contribution in [-0.2, 0) is 9.59 Å². The highest BCUT2D eigenvalue weighted by atomic mass is 16.2. The van der Waals surface area contributed by atoms with Crippen LogP contribution in [0.25, 0.3) is 0 Å². The molecule has 1 aliphatic heterocycles. The molecular weight excluding hydrogens is 204 g/mol. The Balaban J connectivity index is 2.15. The average molecular weight is 218 g/mol. The van der Waals surface area contributed by atoms with Crippen molar-refractivity contribution >= 4 is 11.8 Å². The van der Waals surface area contributed by atoms with Crippen molar-refractivity contribution in [2.45, 2.75) is 19.8 Å². The Morgan fingerprint density at radius 1 is 1.38 bits per heavy atom. The molecule has 4 heteroatoms. The summed E-state index contributed by atoms with van der Waals surface area (Å²) in [6, 6.07) is 2.05. The van der Waals surface area contributed by atoms with Gasteiger partial charge in [0.2, 0.25) is 11.8 Å². The van der Waals surface area contributed by atoms with Crippen LogP contribution >= 0.6 is 0 Å². The van der Waals surface area contributed by atoms with Crippen LogP contribution < -0.4 is 0 Å². The lowest BCUT2D eigenvalue weighted by Crippen LogP contribution is -2.34. The summed E-state index contributed by atoms with van der Waals surface area (Å²) in [6.45, 7) is 1.96. The van der Waals surface area contributed by atoms with Crippen LogP contribution in [0, 0.1) is 29.1 Å². The molecule has 84 valence electrons. The maximum Gasteiger partial charge on any atom is 0.233 e. The Bertz CT molecular complexity index is 368. The molecule has 2 amide bonds. The van der Waals surface area contributed by atoms with E-state index < -0.39 is 0 Å². The summed E-state index contributed by atoms with van der Waals surface area (Å²) in [5.74, 6) is -0.837. The molecule has 2 rings (SSSR count). The van der Waals surface area contributed by atoms with Crippen molar-refractivity contribution in [2.24, 2.45) is 17.8 Å². The Morgan fingerprint density at radius 2 is 1.88 bits per heavy atom. The van der Waals surface area contributed by atoms with Gasteiger partial charge in [-0.25, -0.2) is 0 Å². The van der Waals surface area contributed by atoms with Gasteiger partial charge in [0.1, 0.15) is 0 Å². The SMILES string of the molecule is CC(C#N)CN1C(=O)C2CC=CCC2C1=O. The first kappa shape index (κ1) is 10.9. The van der Waals surface area contributed by atoms with Crippen LogP contribution in [0.15, 0.2) is 12.2 Å². The van der Waals surface area contributed by atoms with Crippen molar-refractivity contribution in [2.75, 3.05) is 6.54 Å². The molecule has 4 nitrogen and oxygen atoms in total. The van der Waals surface area contributed by atoms with Crippen LogP contribution in [-0.4, -0.2) is 23.3 Å². The molecule has 3 atom stereocenters. The van der Waals surface area contributed by atoms with Crippen LogP contribution in [0.5, 0.6) is 0 Å². The highest BCUT2D eigenvalue weighted by molar-refractivity contribution is 6.05. The first-order valence-corrected chi connectivity index (χ1v) is 5.55. The first-order valence-electron chi connectivity index (χ1n) is 5.55. The summed E-state index contributed by atoms with van der Waals surface area (Å²) in [5.41, 5.74) is 0. The van der Waals surface area contributed by atoms with Gasteiger partial charge in [-0.2, -0.15) is 5.26 Å². The minimum absolute atomic E-state index is 0.0959. The zero-order valence-corrected chi connectivity index (χ0v) is 9.22. The summed E-state index contributed by atoms with van der Waals surface area (Å²) in [4.78, 5) is 25.2. The van der Waals surface area contributed by atoms with E-state index in [1.807, 2.05) is 12.2 Å². The molecule has 0 aromatic rings. The van der Waals surface area contributed by atoms with Gasteiger partial charge < -0.3 is 0 Å². The lowest BCUT2D eigenvalue weighted by atomic mass is 9.85. The molecule has 0 radical (unpaired) electrons. The predicted molar refractivity (Wildman–Crippen MR) is 56.9 cm³/mol. The number of nitriles is 1. The zero-order chi connectivity index (χ0) is 11.7. The number of carbonyl (C=O) groups excluding carboxylic acids is 2. The van der Waals surface area contributed by atoms with Crippen molar-refractivity contribution in [3.05, 3.63) is 12.2 Å². The van der Waals surface area contributed by atoms with E-state index in [2.05, 4.69) is 6.07 Å². The summed E-state index contributed by atoms with van der Waals surface area (Å²) >= 11 is 0. The average Bonchev–Trinajstić information content (AvgIpc) is 2.55. The van der Waals surface area contributed by atoms with E-state index in [9.17, 15) is 9.59 Å². The van der Waals surface area contributed by atoms with Crippen LogP contribution in [0.1, 0.15) is 19.8 Å². The second-order valence-electron chi connectivity index (χ2n) is 4.47. The van der Waals surface area contributed by atoms with E-state index in [1.54, 1.807) is 6.92 Å². The molecule has 0 bridgehead atoms. The van der Waals surface area contributed by atoms with Crippen LogP contribution in [0.3, 0.4) is 0 Å². The normalized spacial score (nSPS) is 30.1. The van der Waals surface area contributed by atoms with Gasteiger partial charge in [-0.1, -0.05) is 12.2 Å². The van der Waals surface area contributed by atoms with Gasteiger partial charge in [0.15, 0.2) is 0 Å². The molecule has 1 saturated heterocycles. The molecule has 1 heterocycles.